The molecule has 0 aromatic heterocycles. The van der Waals surface area contributed by atoms with Crippen LogP contribution in [-0.2, 0) is 4.74 Å². The van der Waals surface area contributed by atoms with Gasteiger partial charge in [0.25, 0.3) is 0 Å². The first-order valence-electron chi connectivity index (χ1n) is 6.25. The van der Waals surface area contributed by atoms with E-state index in [9.17, 15) is 4.79 Å². The number of carbonyl (C=O) groups is 1. The number of hydrazone groups is 1. The van der Waals surface area contributed by atoms with E-state index < -0.39 is 0 Å². The summed E-state index contributed by atoms with van der Waals surface area (Å²) in [5.41, 5.74) is 5.85. The maximum Gasteiger partial charge on any atom is 0.340 e. The number of hydrogen-bond acceptors (Lipinski definition) is 4. The molecule has 0 atom stereocenters. The van der Waals surface area contributed by atoms with Crippen molar-refractivity contribution in [1.82, 2.24) is 0 Å². The summed E-state index contributed by atoms with van der Waals surface area (Å²) in [4.78, 5) is 11.6. The zero-order chi connectivity index (χ0) is 14.4. The van der Waals surface area contributed by atoms with Gasteiger partial charge in [0.05, 0.1) is 24.1 Å². The topological polar surface area (TPSA) is 50.7 Å². The van der Waals surface area contributed by atoms with E-state index in [2.05, 4.69) is 10.5 Å². The van der Waals surface area contributed by atoms with Gasteiger partial charge in [0, 0.05) is 0 Å². The van der Waals surface area contributed by atoms with E-state index in [1.165, 1.54) is 7.11 Å². The number of hydrogen-bond donors (Lipinski definition) is 1. The normalized spacial score (nSPS) is 11.0. The Kier molecular flexibility index (Phi) is 4.50. The lowest BCUT2D eigenvalue weighted by atomic mass is 10.1. The van der Waals surface area contributed by atoms with Crippen molar-refractivity contribution in [3.63, 3.8) is 0 Å². The van der Waals surface area contributed by atoms with Gasteiger partial charge in [-0.25, -0.2) is 4.79 Å². The molecule has 102 valence electrons. The monoisotopic (exact) mass is 268 g/mol. The fourth-order valence-electron chi connectivity index (χ4n) is 1.76. The van der Waals surface area contributed by atoms with E-state index in [1.54, 1.807) is 18.2 Å². The van der Waals surface area contributed by atoms with Crippen molar-refractivity contribution in [2.75, 3.05) is 12.5 Å². The molecule has 2 aromatic carbocycles. The summed E-state index contributed by atoms with van der Waals surface area (Å²) in [6.07, 6.45) is 0. The van der Waals surface area contributed by atoms with Gasteiger partial charge < -0.3 is 4.74 Å². The molecule has 4 nitrogen and oxygen atoms in total. The van der Waals surface area contributed by atoms with Crippen molar-refractivity contribution in [2.45, 2.75) is 6.92 Å². The SMILES string of the molecule is COC(=O)c1ccccc1N/N=C(/C)c1ccccc1. The van der Waals surface area contributed by atoms with Crippen LogP contribution in [0.1, 0.15) is 22.8 Å². The van der Waals surface area contributed by atoms with Crippen molar-refractivity contribution in [2.24, 2.45) is 5.10 Å². The molecule has 0 saturated carbocycles. The Morgan fingerprint density at radius 3 is 2.40 bits per heavy atom. The van der Waals surface area contributed by atoms with Crippen LogP contribution in [0.3, 0.4) is 0 Å². The van der Waals surface area contributed by atoms with Crippen LogP contribution in [0.4, 0.5) is 5.69 Å². The molecule has 20 heavy (non-hydrogen) atoms. The van der Waals surface area contributed by atoms with E-state index in [1.807, 2.05) is 43.3 Å². The molecule has 0 radical (unpaired) electrons. The molecule has 0 unspecified atom stereocenters. The number of para-hydroxylation sites is 1. The van der Waals surface area contributed by atoms with Crippen molar-refractivity contribution >= 4 is 17.4 Å². The molecule has 0 aliphatic rings. The predicted octanol–water partition coefficient (Wildman–Crippen LogP) is 3.31. The van der Waals surface area contributed by atoms with Crippen LogP contribution in [0, 0.1) is 0 Å². The summed E-state index contributed by atoms with van der Waals surface area (Å²) in [6, 6.07) is 16.9. The first-order valence-corrected chi connectivity index (χ1v) is 6.25. The van der Waals surface area contributed by atoms with Gasteiger partial charge in [-0.2, -0.15) is 5.10 Å². The van der Waals surface area contributed by atoms with E-state index in [4.69, 9.17) is 4.74 Å². The number of rotatable bonds is 4. The van der Waals surface area contributed by atoms with Crippen molar-refractivity contribution in [1.29, 1.82) is 0 Å². The zero-order valence-electron chi connectivity index (χ0n) is 11.5. The molecule has 0 saturated heterocycles. The fourth-order valence-corrected chi connectivity index (χ4v) is 1.76. The first kappa shape index (κ1) is 13.8. The minimum Gasteiger partial charge on any atom is -0.465 e. The predicted molar refractivity (Wildman–Crippen MR) is 80.1 cm³/mol. The standard InChI is InChI=1S/C16H16N2O2/c1-12(13-8-4-3-5-9-13)17-18-15-11-7-6-10-14(15)16(19)20-2/h3-11,18H,1-2H3/b17-12-. The van der Waals surface area contributed by atoms with E-state index in [0.717, 1.165) is 11.3 Å². The number of nitrogens with zero attached hydrogens (tertiary/aromatic N) is 1. The average Bonchev–Trinajstić information content (AvgIpc) is 2.53. The number of ether oxygens (including phenoxy) is 1. The second kappa shape index (κ2) is 6.52. The summed E-state index contributed by atoms with van der Waals surface area (Å²) >= 11 is 0. The molecule has 0 aliphatic heterocycles. The number of benzene rings is 2. The molecule has 0 bridgehead atoms. The Balaban J connectivity index is 2.21. The maximum absolute atomic E-state index is 11.6. The zero-order valence-corrected chi connectivity index (χ0v) is 11.5. The average molecular weight is 268 g/mol. The Morgan fingerprint density at radius 1 is 1.05 bits per heavy atom. The molecule has 2 rings (SSSR count). The van der Waals surface area contributed by atoms with Gasteiger partial charge >= 0.3 is 5.97 Å². The molecule has 0 heterocycles. The van der Waals surface area contributed by atoms with E-state index in [-0.39, 0.29) is 5.97 Å². The van der Waals surface area contributed by atoms with E-state index >= 15 is 0 Å². The van der Waals surface area contributed by atoms with Crippen LogP contribution in [0.15, 0.2) is 59.7 Å². The summed E-state index contributed by atoms with van der Waals surface area (Å²) in [7, 11) is 1.36. The lowest BCUT2D eigenvalue weighted by Gasteiger charge is -2.08. The summed E-state index contributed by atoms with van der Waals surface area (Å²) in [6.45, 7) is 1.91. The highest BCUT2D eigenvalue weighted by Gasteiger charge is 2.10. The third-order valence-corrected chi connectivity index (χ3v) is 2.87. The van der Waals surface area contributed by atoms with Gasteiger partial charge in [0.15, 0.2) is 0 Å². The number of methoxy groups -OCH3 is 1. The Bertz CT molecular complexity index is 621. The summed E-state index contributed by atoms with van der Waals surface area (Å²) in [5.74, 6) is -0.388. The molecule has 0 spiro atoms. The number of carbonyl (C=O) groups excluding carboxylic acids is 1. The number of esters is 1. The molecular weight excluding hydrogens is 252 g/mol. The van der Waals surface area contributed by atoms with Crippen molar-refractivity contribution < 1.29 is 9.53 Å². The van der Waals surface area contributed by atoms with Crippen LogP contribution in [0.2, 0.25) is 0 Å². The van der Waals surface area contributed by atoms with Gasteiger partial charge in [0.1, 0.15) is 0 Å². The lowest BCUT2D eigenvalue weighted by Crippen LogP contribution is -2.06. The molecule has 0 amide bonds. The van der Waals surface area contributed by atoms with Gasteiger partial charge in [-0.05, 0) is 24.6 Å². The summed E-state index contributed by atoms with van der Waals surface area (Å²) in [5, 5.41) is 4.30. The van der Waals surface area contributed by atoms with Crippen molar-refractivity contribution in [3.8, 4) is 0 Å². The fraction of sp³-hybridized carbons (Fsp3) is 0.125. The van der Waals surface area contributed by atoms with Crippen LogP contribution in [0.25, 0.3) is 0 Å². The van der Waals surface area contributed by atoms with Gasteiger partial charge in [0.2, 0.25) is 0 Å². The second-order valence-corrected chi connectivity index (χ2v) is 4.21. The van der Waals surface area contributed by atoms with Gasteiger partial charge in [-0.3, -0.25) is 5.43 Å². The van der Waals surface area contributed by atoms with E-state index in [0.29, 0.717) is 11.3 Å². The van der Waals surface area contributed by atoms with Crippen LogP contribution in [-0.4, -0.2) is 18.8 Å². The van der Waals surface area contributed by atoms with Crippen molar-refractivity contribution in [3.05, 3.63) is 65.7 Å². The molecule has 2 aromatic rings. The first-order chi connectivity index (χ1) is 9.72. The molecule has 0 aliphatic carbocycles. The quantitative estimate of drug-likeness (QED) is 0.526. The Labute approximate surface area is 118 Å². The van der Waals surface area contributed by atoms with Gasteiger partial charge in [-0.1, -0.05) is 42.5 Å². The Hall–Kier alpha value is -2.62. The third-order valence-electron chi connectivity index (χ3n) is 2.87. The minimum atomic E-state index is -0.388. The summed E-state index contributed by atoms with van der Waals surface area (Å²) < 4.78 is 4.74. The maximum atomic E-state index is 11.6. The van der Waals surface area contributed by atoms with Crippen LogP contribution >= 0.6 is 0 Å². The third kappa shape index (κ3) is 3.23. The highest BCUT2D eigenvalue weighted by molar-refractivity contribution is 6.00. The highest BCUT2D eigenvalue weighted by Crippen LogP contribution is 2.16. The second-order valence-electron chi connectivity index (χ2n) is 4.21. The lowest BCUT2D eigenvalue weighted by molar-refractivity contribution is 0.0602. The van der Waals surface area contributed by atoms with Crippen LogP contribution < -0.4 is 5.43 Å². The number of anilines is 1. The van der Waals surface area contributed by atoms with Crippen LogP contribution in [0.5, 0.6) is 0 Å². The van der Waals surface area contributed by atoms with Gasteiger partial charge in [-0.15, -0.1) is 0 Å². The molecule has 1 N–H and O–H groups in total. The Morgan fingerprint density at radius 2 is 1.70 bits per heavy atom. The highest BCUT2D eigenvalue weighted by atomic mass is 16.5. The molecule has 4 heteroatoms. The number of nitrogens with one attached hydrogen (secondary N) is 1. The largest absolute Gasteiger partial charge is 0.465 e. The molecular formula is C16H16N2O2. The molecule has 0 fully saturated rings. The minimum absolute atomic E-state index is 0.388. The smallest absolute Gasteiger partial charge is 0.340 e.